The van der Waals surface area contributed by atoms with Gasteiger partial charge in [0.25, 0.3) is 0 Å². The van der Waals surface area contributed by atoms with Crippen LogP contribution < -0.4 is 20.1 Å². The Bertz CT molecular complexity index is 762. The van der Waals surface area contributed by atoms with E-state index in [1.165, 1.54) is 17.8 Å². The summed E-state index contributed by atoms with van der Waals surface area (Å²) < 4.78 is 24.2. The standard InChI is InChI=1S/C20H26FN3O2S.HI/c1-22-20(24-12-13-27-19-7-5-4-6-16(19)21)23-11-10-15-8-9-17(25-2)18(14-15)26-3;/h4-9,14H,10-13H2,1-3H3,(H2,22,23,24);1H. The topological polar surface area (TPSA) is 54.9 Å². The van der Waals surface area contributed by atoms with Crippen molar-refractivity contribution in [2.75, 3.05) is 40.1 Å². The molecule has 0 aliphatic carbocycles. The monoisotopic (exact) mass is 519 g/mol. The number of guanidine groups is 1. The van der Waals surface area contributed by atoms with Gasteiger partial charge in [-0.05, 0) is 36.2 Å². The molecule has 28 heavy (non-hydrogen) atoms. The summed E-state index contributed by atoms with van der Waals surface area (Å²) in [6.45, 7) is 1.42. The van der Waals surface area contributed by atoms with Crippen LogP contribution in [0.15, 0.2) is 52.4 Å². The van der Waals surface area contributed by atoms with Gasteiger partial charge in [0, 0.05) is 30.8 Å². The van der Waals surface area contributed by atoms with Crippen molar-refractivity contribution in [3.63, 3.8) is 0 Å². The van der Waals surface area contributed by atoms with E-state index >= 15 is 0 Å². The van der Waals surface area contributed by atoms with E-state index in [0.717, 1.165) is 41.7 Å². The molecule has 5 nitrogen and oxygen atoms in total. The SMILES string of the molecule is CN=C(NCCSc1ccccc1F)NCCc1ccc(OC)c(OC)c1.I. The third-order valence-electron chi connectivity index (χ3n) is 3.87. The predicted octanol–water partition coefficient (Wildman–Crippen LogP) is 3.96. The fourth-order valence-corrected chi connectivity index (χ4v) is 3.28. The molecule has 2 rings (SSSR count). The van der Waals surface area contributed by atoms with E-state index in [4.69, 9.17) is 9.47 Å². The van der Waals surface area contributed by atoms with Gasteiger partial charge in [0.15, 0.2) is 17.5 Å². The highest BCUT2D eigenvalue weighted by atomic mass is 127. The van der Waals surface area contributed by atoms with Crippen molar-refractivity contribution in [1.82, 2.24) is 10.6 Å². The molecule has 0 saturated heterocycles. The molecule has 0 unspecified atom stereocenters. The van der Waals surface area contributed by atoms with Crippen LogP contribution in [0.25, 0.3) is 0 Å². The molecule has 0 aliphatic rings. The first-order valence-corrected chi connectivity index (χ1v) is 9.69. The Morgan fingerprint density at radius 1 is 1.04 bits per heavy atom. The van der Waals surface area contributed by atoms with Crippen molar-refractivity contribution in [3.8, 4) is 11.5 Å². The molecule has 0 bridgehead atoms. The quantitative estimate of drug-likeness (QED) is 0.173. The summed E-state index contributed by atoms with van der Waals surface area (Å²) in [6, 6.07) is 12.7. The number of aliphatic imine (C=N–C) groups is 1. The number of hydrogen-bond acceptors (Lipinski definition) is 4. The van der Waals surface area contributed by atoms with Crippen molar-refractivity contribution in [1.29, 1.82) is 0 Å². The van der Waals surface area contributed by atoms with Gasteiger partial charge in [-0.25, -0.2) is 4.39 Å². The number of benzene rings is 2. The molecule has 0 aliphatic heterocycles. The smallest absolute Gasteiger partial charge is 0.191 e. The maximum atomic E-state index is 13.6. The summed E-state index contributed by atoms with van der Waals surface area (Å²) in [5.41, 5.74) is 1.14. The Hall–Kier alpha value is -1.68. The average molecular weight is 519 g/mol. The van der Waals surface area contributed by atoms with Gasteiger partial charge in [-0.2, -0.15) is 0 Å². The minimum Gasteiger partial charge on any atom is -0.493 e. The zero-order chi connectivity index (χ0) is 19.5. The molecule has 2 N–H and O–H groups in total. The lowest BCUT2D eigenvalue weighted by atomic mass is 10.1. The number of methoxy groups -OCH3 is 2. The summed E-state index contributed by atoms with van der Waals surface area (Å²) in [4.78, 5) is 4.87. The van der Waals surface area contributed by atoms with Crippen molar-refractivity contribution >= 4 is 41.7 Å². The zero-order valence-electron chi connectivity index (χ0n) is 16.3. The molecule has 2 aromatic rings. The molecule has 0 radical (unpaired) electrons. The summed E-state index contributed by atoms with van der Waals surface area (Å²) in [6.07, 6.45) is 0.824. The molecule has 0 saturated carbocycles. The summed E-state index contributed by atoms with van der Waals surface area (Å²) in [7, 11) is 4.99. The lowest BCUT2D eigenvalue weighted by molar-refractivity contribution is 0.354. The second-order valence-electron chi connectivity index (χ2n) is 5.64. The molecule has 0 amide bonds. The average Bonchev–Trinajstić information content (AvgIpc) is 2.70. The third-order valence-corrected chi connectivity index (χ3v) is 4.92. The number of hydrogen-bond donors (Lipinski definition) is 2. The number of nitrogens with zero attached hydrogens (tertiary/aromatic N) is 1. The summed E-state index contributed by atoms with van der Waals surface area (Å²) in [5, 5.41) is 6.51. The molecular formula is C20H27FIN3O2S. The molecule has 8 heteroatoms. The Morgan fingerprint density at radius 2 is 1.75 bits per heavy atom. The highest BCUT2D eigenvalue weighted by Crippen LogP contribution is 2.27. The predicted molar refractivity (Wildman–Crippen MR) is 125 cm³/mol. The molecule has 0 aromatic heterocycles. The lowest BCUT2D eigenvalue weighted by Crippen LogP contribution is -2.39. The number of ether oxygens (including phenoxy) is 2. The van der Waals surface area contributed by atoms with Gasteiger partial charge in [0.1, 0.15) is 5.82 Å². The van der Waals surface area contributed by atoms with E-state index in [9.17, 15) is 4.39 Å². The van der Waals surface area contributed by atoms with Crippen LogP contribution in [0, 0.1) is 5.82 Å². The first-order valence-electron chi connectivity index (χ1n) is 8.70. The van der Waals surface area contributed by atoms with Gasteiger partial charge < -0.3 is 20.1 Å². The maximum Gasteiger partial charge on any atom is 0.191 e. The maximum absolute atomic E-state index is 13.6. The van der Waals surface area contributed by atoms with Gasteiger partial charge in [0.05, 0.1) is 14.2 Å². The van der Waals surface area contributed by atoms with E-state index in [0.29, 0.717) is 11.4 Å². The van der Waals surface area contributed by atoms with E-state index in [1.54, 1.807) is 33.4 Å². The highest BCUT2D eigenvalue weighted by molar-refractivity contribution is 14.0. The highest BCUT2D eigenvalue weighted by Gasteiger charge is 2.05. The Balaban J connectivity index is 0.00000392. The molecule has 0 spiro atoms. The summed E-state index contributed by atoms with van der Waals surface area (Å²) in [5.74, 6) is 2.74. The van der Waals surface area contributed by atoms with Gasteiger partial charge in [-0.1, -0.05) is 18.2 Å². The number of halogens is 2. The molecule has 0 heterocycles. The molecule has 0 fully saturated rings. The third kappa shape index (κ3) is 7.75. The van der Waals surface area contributed by atoms with E-state index in [1.807, 2.05) is 24.3 Å². The minimum absolute atomic E-state index is 0. The van der Waals surface area contributed by atoms with Crippen LogP contribution in [0.5, 0.6) is 11.5 Å². The van der Waals surface area contributed by atoms with Crippen molar-refractivity contribution in [3.05, 3.63) is 53.8 Å². The molecule has 0 atom stereocenters. The largest absolute Gasteiger partial charge is 0.493 e. The van der Waals surface area contributed by atoms with Crippen LogP contribution >= 0.6 is 35.7 Å². The van der Waals surface area contributed by atoms with Crippen molar-refractivity contribution in [2.45, 2.75) is 11.3 Å². The molecule has 2 aromatic carbocycles. The Morgan fingerprint density at radius 3 is 2.43 bits per heavy atom. The Kier molecular flexibility index (Phi) is 11.7. The van der Waals surface area contributed by atoms with Gasteiger partial charge in [0.2, 0.25) is 0 Å². The molecule has 154 valence electrons. The first kappa shape index (κ1) is 24.4. The van der Waals surface area contributed by atoms with Gasteiger partial charge >= 0.3 is 0 Å². The summed E-state index contributed by atoms with van der Waals surface area (Å²) >= 11 is 1.48. The van der Waals surface area contributed by atoms with E-state index in [2.05, 4.69) is 15.6 Å². The van der Waals surface area contributed by atoms with Gasteiger partial charge in [-0.15, -0.1) is 35.7 Å². The van der Waals surface area contributed by atoms with Crippen LogP contribution in [0.3, 0.4) is 0 Å². The first-order chi connectivity index (χ1) is 13.2. The van der Waals surface area contributed by atoms with Gasteiger partial charge in [-0.3, -0.25) is 4.99 Å². The van der Waals surface area contributed by atoms with Crippen molar-refractivity contribution in [2.24, 2.45) is 4.99 Å². The van der Waals surface area contributed by atoms with Crippen LogP contribution in [0.4, 0.5) is 4.39 Å². The Labute approximate surface area is 187 Å². The normalized spacial score (nSPS) is 10.8. The van der Waals surface area contributed by atoms with Crippen LogP contribution in [-0.4, -0.2) is 46.1 Å². The van der Waals surface area contributed by atoms with E-state index in [-0.39, 0.29) is 29.8 Å². The zero-order valence-corrected chi connectivity index (χ0v) is 19.5. The van der Waals surface area contributed by atoms with Crippen LogP contribution in [-0.2, 0) is 6.42 Å². The van der Waals surface area contributed by atoms with E-state index < -0.39 is 0 Å². The van der Waals surface area contributed by atoms with Crippen LogP contribution in [0.1, 0.15) is 5.56 Å². The molecular weight excluding hydrogens is 492 g/mol. The number of rotatable bonds is 9. The number of nitrogens with one attached hydrogen (secondary N) is 2. The minimum atomic E-state index is -0.181. The number of thioether (sulfide) groups is 1. The second kappa shape index (κ2) is 13.5. The van der Waals surface area contributed by atoms with Crippen molar-refractivity contribution < 1.29 is 13.9 Å². The second-order valence-corrected chi connectivity index (χ2v) is 6.78. The van der Waals surface area contributed by atoms with Crippen LogP contribution in [0.2, 0.25) is 0 Å². The fourth-order valence-electron chi connectivity index (χ4n) is 2.47. The fraction of sp³-hybridized carbons (Fsp3) is 0.350. The lowest BCUT2D eigenvalue weighted by Gasteiger charge is -2.13.